The summed E-state index contributed by atoms with van der Waals surface area (Å²) in [5.74, 6) is -0.367. The summed E-state index contributed by atoms with van der Waals surface area (Å²) in [6.45, 7) is 6.64. The Hall–Kier alpha value is -2.26. The number of piperidine rings is 1. The summed E-state index contributed by atoms with van der Waals surface area (Å²) in [5, 5.41) is 7.40. The van der Waals surface area contributed by atoms with E-state index >= 15 is 0 Å². The van der Waals surface area contributed by atoms with Crippen molar-refractivity contribution in [1.82, 2.24) is 19.4 Å². The van der Waals surface area contributed by atoms with E-state index in [9.17, 15) is 17.6 Å². The number of rotatable bonds is 7. The Morgan fingerprint density at radius 3 is 2.43 bits per heavy atom. The van der Waals surface area contributed by atoms with Gasteiger partial charge < -0.3 is 5.32 Å². The lowest BCUT2D eigenvalue weighted by atomic mass is 10.0. The summed E-state index contributed by atoms with van der Waals surface area (Å²) in [7, 11) is -3.21. The molecule has 0 saturated carbocycles. The number of amides is 1. The zero-order valence-electron chi connectivity index (χ0n) is 17.6. The first kappa shape index (κ1) is 22.4. The molecule has 0 aliphatic carbocycles. The van der Waals surface area contributed by atoms with Gasteiger partial charge in [0.2, 0.25) is 10.0 Å². The molecule has 2 aromatic rings. The van der Waals surface area contributed by atoms with E-state index < -0.39 is 10.0 Å². The second kappa shape index (κ2) is 9.26. The van der Waals surface area contributed by atoms with Gasteiger partial charge in [0.05, 0.1) is 28.9 Å². The van der Waals surface area contributed by atoms with Crippen LogP contribution in [0.25, 0.3) is 5.69 Å². The first-order valence-corrected chi connectivity index (χ1v) is 12.0. The number of nitrogens with one attached hydrogen (secondary N) is 1. The van der Waals surface area contributed by atoms with Crippen molar-refractivity contribution in [1.29, 1.82) is 0 Å². The number of halogens is 1. The van der Waals surface area contributed by atoms with Gasteiger partial charge in [0, 0.05) is 19.1 Å². The lowest BCUT2D eigenvalue weighted by molar-refractivity contribution is 0.0922. The van der Waals surface area contributed by atoms with Crippen molar-refractivity contribution in [3.63, 3.8) is 0 Å². The van der Waals surface area contributed by atoms with Crippen LogP contribution in [0.1, 0.15) is 62.0 Å². The normalized spacial score (nSPS) is 16.2. The number of benzene rings is 1. The van der Waals surface area contributed by atoms with Crippen LogP contribution in [0.15, 0.2) is 30.5 Å². The molecule has 1 aromatic carbocycles. The van der Waals surface area contributed by atoms with Gasteiger partial charge in [-0.15, -0.1) is 0 Å². The van der Waals surface area contributed by atoms with Gasteiger partial charge in [-0.1, -0.05) is 20.8 Å². The molecular formula is C21H29FN4O3S. The van der Waals surface area contributed by atoms with Crippen LogP contribution >= 0.6 is 0 Å². The van der Waals surface area contributed by atoms with Crippen LogP contribution in [-0.4, -0.2) is 53.3 Å². The van der Waals surface area contributed by atoms with Crippen molar-refractivity contribution in [2.75, 3.05) is 18.8 Å². The molecule has 3 rings (SSSR count). The van der Waals surface area contributed by atoms with E-state index in [1.54, 1.807) is 16.8 Å². The molecule has 30 heavy (non-hydrogen) atoms. The van der Waals surface area contributed by atoms with E-state index in [2.05, 4.69) is 10.4 Å². The van der Waals surface area contributed by atoms with Crippen LogP contribution in [0.3, 0.4) is 0 Å². The molecule has 1 N–H and O–H groups in total. The predicted molar refractivity (Wildman–Crippen MR) is 114 cm³/mol. The minimum atomic E-state index is -3.21. The van der Waals surface area contributed by atoms with Crippen molar-refractivity contribution in [2.45, 2.75) is 52.0 Å². The molecule has 1 saturated heterocycles. The number of aromatic nitrogens is 2. The van der Waals surface area contributed by atoms with E-state index in [0.29, 0.717) is 43.6 Å². The average molecular weight is 437 g/mol. The summed E-state index contributed by atoms with van der Waals surface area (Å²) < 4.78 is 40.9. The average Bonchev–Trinajstić information content (AvgIpc) is 3.14. The summed E-state index contributed by atoms with van der Waals surface area (Å²) >= 11 is 0. The monoisotopic (exact) mass is 436 g/mol. The van der Waals surface area contributed by atoms with Crippen LogP contribution in [0, 0.1) is 5.82 Å². The van der Waals surface area contributed by atoms with Crippen molar-refractivity contribution in [3.8, 4) is 5.69 Å². The molecule has 1 amide bonds. The van der Waals surface area contributed by atoms with E-state index in [0.717, 1.165) is 5.69 Å². The number of hydrogen-bond acceptors (Lipinski definition) is 4. The first-order chi connectivity index (χ1) is 14.2. The third kappa shape index (κ3) is 4.89. The van der Waals surface area contributed by atoms with Crippen LogP contribution < -0.4 is 5.32 Å². The highest BCUT2D eigenvalue weighted by molar-refractivity contribution is 7.89. The summed E-state index contributed by atoms with van der Waals surface area (Å²) in [6.07, 6.45) is 3.29. The highest BCUT2D eigenvalue weighted by atomic mass is 32.2. The molecule has 1 fully saturated rings. The van der Waals surface area contributed by atoms with E-state index in [4.69, 9.17) is 0 Å². The van der Waals surface area contributed by atoms with Gasteiger partial charge >= 0.3 is 0 Å². The SMILES string of the molecule is CCCS(=O)(=O)N1CCC(NC(=O)c2cnn(-c3ccc(F)cc3)c2C(C)C)CC1. The molecule has 0 unspecified atom stereocenters. The van der Waals surface area contributed by atoms with Crippen LogP contribution in [0.5, 0.6) is 0 Å². The molecule has 0 bridgehead atoms. The van der Waals surface area contributed by atoms with Gasteiger partial charge in [0.15, 0.2) is 0 Å². The molecule has 1 aliphatic heterocycles. The maximum Gasteiger partial charge on any atom is 0.255 e. The predicted octanol–water partition coefficient (Wildman–Crippen LogP) is 3.07. The van der Waals surface area contributed by atoms with Crippen molar-refractivity contribution < 1.29 is 17.6 Å². The molecule has 1 aromatic heterocycles. The summed E-state index contributed by atoms with van der Waals surface area (Å²) in [6, 6.07) is 5.90. The van der Waals surface area contributed by atoms with Gasteiger partial charge in [0.25, 0.3) is 5.91 Å². The fraction of sp³-hybridized carbons (Fsp3) is 0.524. The molecule has 2 heterocycles. The van der Waals surface area contributed by atoms with E-state index in [-0.39, 0.29) is 29.4 Å². The van der Waals surface area contributed by atoms with Crippen molar-refractivity contribution in [2.24, 2.45) is 0 Å². The molecule has 0 atom stereocenters. The highest BCUT2D eigenvalue weighted by Gasteiger charge is 2.29. The van der Waals surface area contributed by atoms with Crippen molar-refractivity contribution >= 4 is 15.9 Å². The Kier molecular flexibility index (Phi) is 6.92. The van der Waals surface area contributed by atoms with Gasteiger partial charge in [-0.2, -0.15) is 5.10 Å². The van der Waals surface area contributed by atoms with Crippen LogP contribution in [0.2, 0.25) is 0 Å². The first-order valence-electron chi connectivity index (χ1n) is 10.4. The lowest BCUT2D eigenvalue weighted by Gasteiger charge is -2.31. The zero-order chi connectivity index (χ0) is 21.9. The standard InChI is InChI=1S/C21H29FN4O3S/c1-4-13-30(28,29)25-11-9-17(10-12-25)24-21(27)19-14-23-26(20(19)15(2)3)18-7-5-16(22)6-8-18/h5-8,14-15,17H,4,9-13H2,1-3H3,(H,24,27). The molecule has 1 aliphatic rings. The molecule has 7 nitrogen and oxygen atoms in total. The molecule has 0 spiro atoms. The largest absolute Gasteiger partial charge is 0.349 e. The zero-order valence-corrected chi connectivity index (χ0v) is 18.5. The maximum atomic E-state index is 13.3. The molecular weight excluding hydrogens is 407 g/mol. The third-order valence-electron chi connectivity index (χ3n) is 5.31. The van der Waals surface area contributed by atoms with Gasteiger partial charge in [0.1, 0.15) is 5.82 Å². The number of sulfonamides is 1. The maximum absolute atomic E-state index is 13.3. The summed E-state index contributed by atoms with van der Waals surface area (Å²) in [5.41, 5.74) is 1.92. The second-order valence-corrected chi connectivity index (χ2v) is 10.0. The van der Waals surface area contributed by atoms with Crippen LogP contribution in [-0.2, 0) is 10.0 Å². The summed E-state index contributed by atoms with van der Waals surface area (Å²) in [4.78, 5) is 13.0. The van der Waals surface area contributed by atoms with Crippen LogP contribution in [0.4, 0.5) is 4.39 Å². The van der Waals surface area contributed by atoms with Gasteiger partial charge in [-0.3, -0.25) is 4.79 Å². The van der Waals surface area contributed by atoms with Gasteiger partial charge in [-0.25, -0.2) is 21.8 Å². The van der Waals surface area contributed by atoms with Crippen molar-refractivity contribution in [3.05, 3.63) is 47.5 Å². The van der Waals surface area contributed by atoms with E-state index in [1.165, 1.54) is 22.6 Å². The fourth-order valence-corrected chi connectivity index (χ4v) is 5.35. The van der Waals surface area contributed by atoms with E-state index in [1.807, 2.05) is 20.8 Å². The molecule has 9 heteroatoms. The lowest BCUT2D eigenvalue weighted by Crippen LogP contribution is -2.47. The third-order valence-corrected chi connectivity index (χ3v) is 7.39. The Morgan fingerprint density at radius 1 is 1.23 bits per heavy atom. The quantitative estimate of drug-likeness (QED) is 0.723. The smallest absolute Gasteiger partial charge is 0.255 e. The Labute approximate surface area is 177 Å². The number of carbonyl (C=O) groups is 1. The van der Waals surface area contributed by atoms with Gasteiger partial charge in [-0.05, 0) is 49.4 Å². The number of hydrogen-bond donors (Lipinski definition) is 1. The minimum absolute atomic E-state index is 0.0272. The number of nitrogens with zero attached hydrogens (tertiary/aromatic N) is 3. The second-order valence-electron chi connectivity index (χ2n) is 7.95. The minimum Gasteiger partial charge on any atom is -0.349 e. The fourth-order valence-electron chi connectivity index (χ4n) is 3.80. The highest BCUT2D eigenvalue weighted by Crippen LogP contribution is 2.24. The Bertz CT molecular complexity index is 978. The molecule has 0 radical (unpaired) electrons. The topological polar surface area (TPSA) is 84.3 Å². The number of carbonyl (C=O) groups excluding carboxylic acids is 1. The Morgan fingerprint density at radius 2 is 1.87 bits per heavy atom. The Balaban J connectivity index is 1.71. The molecule has 164 valence electrons.